The zero-order valence-corrected chi connectivity index (χ0v) is 19.5. The van der Waals surface area contributed by atoms with Crippen LogP contribution < -0.4 is 11.1 Å². The number of nitrogens with one attached hydrogen (secondary N) is 1. The maximum atomic E-state index is 13.5. The van der Waals surface area contributed by atoms with Crippen molar-refractivity contribution in [3.8, 4) is 5.69 Å². The van der Waals surface area contributed by atoms with Gasteiger partial charge in [0.15, 0.2) is 5.65 Å². The fourth-order valence-corrected chi connectivity index (χ4v) is 4.34. The standard InChI is InChI=1S/C27H24ClN5O/c1-17(14-15-18-8-3-2-4-9-18)30-27(34)23-24-26(32-22-13-6-5-12-21(22)31-24)33(25(23)29)20-11-7-10-19(28)16-20/h2-13,16-17H,14-15,29H2,1H3,(H,30,34)/t17-/m1/s1. The third-order valence-electron chi connectivity index (χ3n) is 5.88. The van der Waals surface area contributed by atoms with E-state index in [2.05, 4.69) is 17.4 Å². The molecule has 5 rings (SSSR count). The van der Waals surface area contributed by atoms with Crippen LogP contribution in [0.2, 0.25) is 5.02 Å². The number of fused-ring (bicyclic) bond motifs is 2. The lowest BCUT2D eigenvalue weighted by atomic mass is 10.1. The van der Waals surface area contributed by atoms with Crippen LogP contribution in [0.5, 0.6) is 0 Å². The number of halogens is 1. The van der Waals surface area contributed by atoms with Crippen molar-refractivity contribution in [3.05, 3.63) is 95.0 Å². The van der Waals surface area contributed by atoms with Crippen molar-refractivity contribution in [1.29, 1.82) is 0 Å². The summed E-state index contributed by atoms with van der Waals surface area (Å²) in [5.41, 5.74) is 11.2. The number of aromatic nitrogens is 3. The van der Waals surface area contributed by atoms with Crippen molar-refractivity contribution in [2.45, 2.75) is 25.8 Å². The quantitative estimate of drug-likeness (QED) is 0.341. The lowest BCUT2D eigenvalue weighted by molar-refractivity contribution is 0.0941. The molecule has 2 heterocycles. The van der Waals surface area contributed by atoms with Crippen LogP contribution in [0.15, 0.2) is 78.9 Å². The van der Waals surface area contributed by atoms with Gasteiger partial charge in [-0.2, -0.15) is 0 Å². The maximum Gasteiger partial charge on any atom is 0.257 e. The van der Waals surface area contributed by atoms with Gasteiger partial charge < -0.3 is 11.1 Å². The molecule has 0 fully saturated rings. The molecule has 1 atom stereocenters. The molecule has 0 aliphatic rings. The van der Waals surface area contributed by atoms with E-state index in [1.54, 1.807) is 16.7 Å². The van der Waals surface area contributed by atoms with E-state index in [1.807, 2.05) is 61.5 Å². The van der Waals surface area contributed by atoms with Gasteiger partial charge in [0, 0.05) is 11.1 Å². The number of benzene rings is 3. The first-order valence-electron chi connectivity index (χ1n) is 11.2. The highest BCUT2D eigenvalue weighted by atomic mass is 35.5. The lowest BCUT2D eigenvalue weighted by Crippen LogP contribution is -2.33. The molecule has 0 saturated heterocycles. The first-order chi connectivity index (χ1) is 16.5. The van der Waals surface area contributed by atoms with Gasteiger partial charge in [-0.25, -0.2) is 9.97 Å². The zero-order valence-electron chi connectivity index (χ0n) is 18.7. The Morgan fingerprint density at radius 3 is 2.44 bits per heavy atom. The minimum atomic E-state index is -0.270. The molecule has 0 unspecified atom stereocenters. The van der Waals surface area contributed by atoms with Crippen molar-refractivity contribution in [2.75, 3.05) is 5.73 Å². The molecular weight excluding hydrogens is 446 g/mol. The summed E-state index contributed by atoms with van der Waals surface area (Å²) in [6.45, 7) is 1.99. The number of carbonyl (C=O) groups is 1. The van der Waals surface area contributed by atoms with Crippen molar-refractivity contribution in [3.63, 3.8) is 0 Å². The highest BCUT2D eigenvalue weighted by Gasteiger charge is 2.25. The van der Waals surface area contributed by atoms with Crippen molar-refractivity contribution in [1.82, 2.24) is 19.9 Å². The van der Waals surface area contributed by atoms with E-state index in [1.165, 1.54) is 5.56 Å². The van der Waals surface area contributed by atoms with Gasteiger partial charge in [0.1, 0.15) is 16.9 Å². The average molecular weight is 470 g/mol. The largest absolute Gasteiger partial charge is 0.384 e. The molecule has 3 aromatic carbocycles. The number of rotatable bonds is 6. The van der Waals surface area contributed by atoms with E-state index in [0.717, 1.165) is 24.0 Å². The van der Waals surface area contributed by atoms with Crippen LogP contribution in [0.1, 0.15) is 29.3 Å². The summed E-state index contributed by atoms with van der Waals surface area (Å²) in [6, 6.07) is 25.0. The number of aryl methyl sites for hydroxylation is 1. The molecule has 170 valence electrons. The fourth-order valence-electron chi connectivity index (χ4n) is 4.16. The molecule has 1 amide bonds. The Hall–Kier alpha value is -3.90. The normalized spacial score (nSPS) is 12.2. The highest BCUT2D eigenvalue weighted by molar-refractivity contribution is 6.30. The van der Waals surface area contributed by atoms with Crippen LogP contribution in [0.3, 0.4) is 0 Å². The summed E-state index contributed by atoms with van der Waals surface area (Å²) < 4.78 is 1.74. The molecule has 0 spiro atoms. The fraction of sp³-hybridized carbons (Fsp3) is 0.148. The Bertz CT molecular complexity index is 1500. The Kier molecular flexibility index (Phi) is 5.90. The molecule has 0 aliphatic carbocycles. The molecule has 0 aliphatic heterocycles. The summed E-state index contributed by atoms with van der Waals surface area (Å²) in [6.07, 6.45) is 1.67. The van der Waals surface area contributed by atoms with E-state index >= 15 is 0 Å². The molecule has 0 bridgehead atoms. The Morgan fingerprint density at radius 1 is 1.00 bits per heavy atom. The number of nitrogens with zero attached hydrogens (tertiary/aromatic N) is 3. The molecule has 2 aromatic heterocycles. The number of hydrogen-bond donors (Lipinski definition) is 2. The number of para-hydroxylation sites is 2. The maximum absolute atomic E-state index is 13.5. The van der Waals surface area contributed by atoms with Gasteiger partial charge in [-0.1, -0.05) is 60.1 Å². The van der Waals surface area contributed by atoms with Crippen molar-refractivity contribution in [2.24, 2.45) is 0 Å². The highest BCUT2D eigenvalue weighted by Crippen LogP contribution is 2.31. The predicted octanol–water partition coefficient (Wildman–Crippen LogP) is 5.56. The van der Waals surface area contributed by atoms with Crippen LogP contribution in [0, 0.1) is 0 Å². The van der Waals surface area contributed by atoms with Crippen LogP contribution >= 0.6 is 11.6 Å². The molecule has 3 N–H and O–H groups in total. The summed E-state index contributed by atoms with van der Waals surface area (Å²) >= 11 is 6.25. The van der Waals surface area contributed by atoms with E-state index in [0.29, 0.717) is 27.3 Å². The average Bonchev–Trinajstić information content (AvgIpc) is 3.12. The van der Waals surface area contributed by atoms with E-state index in [9.17, 15) is 4.79 Å². The van der Waals surface area contributed by atoms with Crippen LogP contribution in [0.25, 0.3) is 27.9 Å². The van der Waals surface area contributed by atoms with Gasteiger partial charge in [0.05, 0.1) is 16.7 Å². The van der Waals surface area contributed by atoms with Crippen LogP contribution in [-0.2, 0) is 6.42 Å². The van der Waals surface area contributed by atoms with Gasteiger partial charge >= 0.3 is 0 Å². The number of amides is 1. The van der Waals surface area contributed by atoms with E-state index in [-0.39, 0.29) is 17.8 Å². The Balaban J connectivity index is 1.55. The van der Waals surface area contributed by atoms with Crippen molar-refractivity contribution >= 4 is 45.5 Å². The predicted molar refractivity (Wildman–Crippen MR) is 137 cm³/mol. The van der Waals surface area contributed by atoms with E-state index in [4.69, 9.17) is 27.3 Å². The zero-order chi connectivity index (χ0) is 23.7. The number of carbonyl (C=O) groups excluding carboxylic acids is 1. The molecule has 7 heteroatoms. The summed E-state index contributed by atoms with van der Waals surface area (Å²) in [5.74, 6) is 0.00810. The number of hydrogen-bond acceptors (Lipinski definition) is 4. The molecule has 34 heavy (non-hydrogen) atoms. The molecule has 5 aromatic rings. The molecule has 0 saturated carbocycles. The Labute approximate surface area is 202 Å². The summed E-state index contributed by atoms with van der Waals surface area (Å²) in [5, 5.41) is 3.66. The summed E-state index contributed by atoms with van der Waals surface area (Å²) in [4.78, 5) is 23.0. The monoisotopic (exact) mass is 469 g/mol. The van der Waals surface area contributed by atoms with Gasteiger partial charge in [-0.05, 0) is 55.7 Å². The minimum Gasteiger partial charge on any atom is -0.384 e. The molecule has 6 nitrogen and oxygen atoms in total. The van der Waals surface area contributed by atoms with Gasteiger partial charge in [-0.3, -0.25) is 9.36 Å². The number of anilines is 1. The van der Waals surface area contributed by atoms with Crippen LogP contribution in [-0.4, -0.2) is 26.5 Å². The number of nitrogen functional groups attached to an aromatic ring is 1. The Morgan fingerprint density at radius 2 is 1.71 bits per heavy atom. The molecular formula is C27H24ClN5O. The number of nitrogens with two attached hydrogens (primary N) is 1. The second-order valence-electron chi connectivity index (χ2n) is 8.36. The minimum absolute atomic E-state index is 0.0508. The van der Waals surface area contributed by atoms with Gasteiger partial charge in [0.25, 0.3) is 5.91 Å². The topological polar surface area (TPSA) is 85.8 Å². The summed E-state index contributed by atoms with van der Waals surface area (Å²) in [7, 11) is 0. The van der Waals surface area contributed by atoms with Crippen molar-refractivity contribution < 1.29 is 4.79 Å². The van der Waals surface area contributed by atoms with Gasteiger partial charge in [0.2, 0.25) is 0 Å². The SMILES string of the molecule is C[C@H](CCc1ccccc1)NC(=O)c1c(N)n(-c2cccc(Cl)c2)c2nc3ccccc3nc12. The van der Waals surface area contributed by atoms with Crippen LogP contribution in [0.4, 0.5) is 5.82 Å². The lowest BCUT2D eigenvalue weighted by Gasteiger charge is -2.14. The second-order valence-corrected chi connectivity index (χ2v) is 8.80. The first-order valence-corrected chi connectivity index (χ1v) is 11.6. The second kappa shape index (κ2) is 9.15. The third-order valence-corrected chi connectivity index (χ3v) is 6.11. The third kappa shape index (κ3) is 4.20. The molecule has 0 radical (unpaired) electrons. The first kappa shape index (κ1) is 21.9. The smallest absolute Gasteiger partial charge is 0.257 e. The van der Waals surface area contributed by atoms with E-state index < -0.39 is 0 Å². The van der Waals surface area contributed by atoms with Gasteiger partial charge in [-0.15, -0.1) is 0 Å².